The fourth-order valence-corrected chi connectivity index (χ4v) is 6.18. The second-order valence-corrected chi connectivity index (χ2v) is 10.5. The van der Waals surface area contributed by atoms with Gasteiger partial charge in [-0.3, -0.25) is 9.48 Å². The van der Waals surface area contributed by atoms with Crippen molar-refractivity contribution < 1.29 is 9.53 Å². The lowest BCUT2D eigenvalue weighted by Gasteiger charge is -2.32. The number of aromatic nitrogens is 4. The van der Waals surface area contributed by atoms with Crippen LogP contribution in [0.2, 0.25) is 0 Å². The van der Waals surface area contributed by atoms with Crippen molar-refractivity contribution in [2.24, 2.45) is 18.7 Å². The normalized spacial score (nSPS) is 23.0. The van der Waals surface area contributed by atoms with Gasteiger partial charge in [0.25, 0.3) is 0 Å². The largest absolute Gasteiger partial charge is 0.474 e. The quantitative estimate of drug-likeness (QED) is 0.571. The van der Waals surface area contributed by atoms with Gasteiger partial charge in [-0.05, 0) is 64.6 Å². The first-order chi connectivity index (χ1) is 15.9. The number of fused-ring (bicyclic) bond motifs is 3. The van der Waals surface area contributed by atoms with Gasteiger partial charge in [-0.15, -0.1) is 11.3 Å². The maximum absolute atomic E-state index is 11.9. The molecule has 9 nitrogen and oxygen atoms in total. The van der Waals surface area contributed by atoms with Crippen LogP contribution in [0.1, 0.15) is 42.5 Å². The van der Waals surface area contributed by atoms with Gasteiger partial charge >= 0.3 is 0 Å². The Bertz CT molecular complexity index is 1160. The van der Waals surface area contributed by atoms with Crippen LogP contribution in [-0.4, -0.2) is 56.8 Å². The number of nitrogens with one attached hydrogen (secondary N) is 1. The van der Waals surface area contributed by atoms with E-state index in [4.69, 9.17) is 20.4 Å². The zero-order valence-corrected chi connectivity index (χ0v) is 20.2. The van der Waals surface area contributed by atoms with Gasteiger partial charge in [-0.1, -0.05) is 0 Å². The van der Waals surface area contributed by atoms with E-state index in [1.54, 1.807) is 22.2 Å². The summed E-state index contributed by atoms with van der Waals surface area (Å²) in [6.07, 6.45) is 10.2. The third kappa shape index (κ3) is 4.54. The smallest absolute Gasteiger partial charge is 0.232 e. The van der Waals surface area contributed by atoms with Gasteiger partial charge in [0, 0.05) is 30.1 Å². The second kappa shape index (κ2) is 8.90. The Hall–Kier alpha value is -2.72. The minimum absolute atomic E-state index is 0.122. The summed E-state index contributed by atoms with van der Waals surface area (Å²) in [5.41, 5.74) is 7.61. The molecule has 0 bridgehead atoms. The van der Waals surface area contributed by atoms with Crippen LogP contribution in [0, 0.1) is 5.92 Å². The summed E-state index contributed by atoms with van der Waals surface area (Å²) in [5.74, 6) is 0.729. The molecule has 0 radical (unpaired) electrons. The molecule has 0 saturated heterocycles. The molecule has 33 heavy (non-hydrogen) atoms. The van der Waals surface area contributed by atoms with Crippen LogP contribution >= 0.6 is 11.3 Å². The van der Waals surface area contributed by atoms with Crippen molar-refractivity contribution in [3.8, 4) is 5.88 Å². The van der Waals surface area contributed by atoms with Crippen LogP contribution in [-0.2, 0) is 24.7 Å². The van der Waals surface area contributed by atoms with E-state index in [1.807, 2.05) is 13.2 Å². The number of carbonyl (C=O) groups excluding carboxylic acids is 1. The number of nitrogens with two attached hydrogens (primary N) is 1. The van der Waals surface area contributed by atoms with Crippen molar-refractivity contribution >= 4 is 39.1 Å². The number of thiophene rings is 1. The Balaban J connectivity index is 1.49. The van der Waals surface area contributed by atoms with E-state index in [9.17, 15) is 4.79 Å². The molecule has 2 aliphatic rings. The minimum atomic E-state index is -0.236. The molecule has 3 aromatic rings. The molecule has 10 heteroatoms. The monoisotopic (exact) mass is 469 g/mol. The van der Waals surface area contributed by atoms with Crippen molar-refractivity contribution in [1.29, 1.82) is 0 Å². The highest BCUT2D eigenvalue weighted by atomic mass is 32.1. The van der Waals surface area contributed by atoms with Crippen LogP contribution in [0.3, 0.4) is 0 Å². The van der Waals surface area contributed by atoms with Gasteiger partial charge in [-0.25, -0.2) is 4.98 Å². The third-order valence-electron chi connectivity index (χ3n) is 6.89. The molecule has 3 N–H and O–H groups in total. The standard InChI is InChI=1S/C23H31N7O2S/c1-29(2)15-5-7-16(8-6-15)32-21-19-17-10-13(20(24)31)4-9-18(17)33-22(19)28-23(27-21)26-14-11-25-30(3)12-14/h11-13,15-16H,4-10H2,1-3H3,(H2,24,31)(H,26,27,28)/t13-,15?,16?/m1/s1. The number of ether oxygens (including phenoxy) is 1. The average Bonchev–Trinajstić information content (AvgIpc) is 3.36. The second-order valence-electron chi connectivity index (χ2n) is 9.42. The highest BCUT2D eigenvalue weighted by Gasteiger charge is 2.31. The van der Waals surface area contributed by atoms with Gasteiger partial charge in [0.15, 0.2) is 0 Å². The molecular formula is C23H31N7O2S. The molecule has 176 valence electrons. The molecule has 1 amide bonds. The summed E-state index contributed by atoms with van der Waals surface area (Å²) in [5, 5.41) is 8.43. The zero-order valence-electron chi connectivity index (χ0n) is 19.4. The zero-order chi connectivity index (χ0) is 23.1. The van der Waals surface area contributed by atoms with E-state index < -0.39 is 0 Å². The van der Waals surface area contributed by atoms with Crippen molar-refractivity contribution in [3.63, 3.8) is 0 Å². The van der Waals surface area contributed by atoms with Gasteiger partial charge in [0.2, 0.25) is 17.7 Å². The first-order valence-electron chi connectivity index (χ1n) is 11.6. The Morgan fingerprint density at radius 3 is 2.70 bits per heavy atom. The predicted octanol–water partition coefficient (Wildman–Crippen LogP) is 3.01. The number of hydrogen-bond acceptors (Lipinski definition) is 8. The molecule has 3 aromatic heterocycles. The number of carbonyl (C=O) groups is 1. The van der Waals surface area contributed by atoms with Gasteiger partial charge in [0.05, 0.1) is 17.3 Å². The molecular weight excluding hydrogens is 438 g/mol. The molecule has 0 aliphatic heterocycles. The van der Waals surface area contributed by atoms with Crippen LogP contribution in [0.15, 0.2) is 12.4 Å². The summed E-state index contributed by atoms with van der Waals surface area (Å²) in [6.45, 7) is 0. The molecule has 1 saturated carbocycles. The number of rotatable bonds is 6. The molecule has 5 rings (SSSR count). The first kappa shape index (κ1) is 22.1. The number of aryl methyl sites for hydroxylation is 2. The Morgan fingerprint density at radius 1 is 1.24 bits per heavy atom. The molecule has 0 unspecified atom stereocenters. The van der Waals surface area contributed by atoms with Gasteiger partial charge in [0.1, 0.15) is 10.9 Å². The Labute approximate surface area is 197 Å². The number of hydrogen-bond donors (Lipinski definition) is 2. The third-order valence-corrected chi connectivity index (χ3v) is 8.07. The van der Waals surface area contributed by atoms with Crippen molar-refractivity contribution in [2.75, 3.05) is 19.4 Å². The minimum Gasteiger partial charge on any atom is -0.474 e. The number of anilines is 2. The summed E-state index contributed by atoms with van der Waals surface area (Å²) >= 11 is 1.67. The number of nitrogens with zero attached hydrogens (tertiary/aromatic N) is 5. The average molecular weight is 470 g/mol. The lowest BCUT2D eigenvalue weighted by atomic mass is 9.87. The highest BCUT2D eigenvalue weighted by molar-refractivity contribution is 7.18. The predicted molar refractivity (Wildman–Crippen MR) is 129 cm³/mol. The summed E-state index contributed by atoms with van der Waals surface area (Å²) in [7, 11) is 6.16. The Morgan fingerprint density at radius 2 is 2.03 bits per heavy atom. The fourth-order valence-electron chi connectivity index (χ4n) is 4.98. The summed E-state index contributed by atoms with van der Waals surface area (Å²) < 4.78 is 8.29. The van der Waals surface area contributed by atoms with Gasteiger partial charge in [-0.2, -0.15) is 10.1 Å². The summed E-state index contributed by atoms with van der Waals surface area (Å²) in [4.78, 5) is 26.0. The number of amides is 1. The number of primary amides is 1. The first-order valence-corrected chi connectivity index (χ1v) is 12.4. The lowest BCUT2D eigenvalue weighted by molar-refractivity contribution is -0.122. The van der Waals surface area contributed by atoms with Crippen molar-refractivity contribution in [1.82, 2.24) is 24.6 Å². The molecule has 0 spiro atoms. The molecule has 3 heterocycles. The van der Waals surface area contributed by atoms with Crippen LogP contribution in [0.25, 0.3) is 10.2 Å². The maximum Gasteiger partial charge on any atom is 0.232 e. The van der Waals surface area contributed by atoms with E-state index >= 15 is 0 Å². The molecule has 1 fully saturated rings. The fraction of sp³-hybridized carbons (Fsp3) is 0.565. The molecule has 1 atom stereocenters. The maximum atomic E-state index is 11.9. The van der Waals surface area contributed by atoms with Crippen LogP contribution in [0.5, 0.6) is 5.88 Å². The van der Waals surface area contributed by atoms with E-state index in [1.165, 1.54) is 4.88 Å². The topological polar surface area (TPSA) is 111 Å². The van der Waals surface area contributed by atoms with E-state index in [2.05, 4.69) is 29.4 Å². The van der Waals surface area contributed by atoms with Crippen molar-refractivity contribution in [3.05, 3.63) is 22.8 Å². The van der Waals surface area contributed by atoms with Crippen LogP contribution in [0.4, 0.5) is 11.6 Å². The summed E-state index contributed by atoms with van der Waals surface area (Å²) in [6, 6.07) is 0.600. The van der Waals surface area contributed by atoms with Gasteiger partial charge < -0.3 is 20.7 Å². The Kier molecular flexibility index (Phi) is 5.96. The lowest BCUT2D eigenvalue weighted by Crippen LogP contribution is -2.35. The molecule has 2 aliphatic carbocycles. The van der Waals surface area contributed by atoms with E-state index in [-0.39, 0.29) is 17.9 Å². The van der Waals surface area contributed by atoms with Crippen LogP contribution < -0.4 is 15.8 Å². The SMILES string of the molecule is CN(C)C1CCC(Oc2nc(Nc3cnn(C)c3)nc3sc4c(c23)C[C@H](C(N)=O)CC4)CC1. The van der Waals surface area contributed by atoms with Crippen molar-refractivity contribution in [2.45, 2.75) is 57.1 Å². The highest BCUT2D eigenvalue weighted by Crippen LogP contribution is 2.42. The van der Waals surface area contributed by atoms with E-state index in [0.29, 0.717) is 24.3 Å². The molecule has 0 aromatic carbocycles. The van der Waals surface area contributed by atoms with E-state index in [0.717, 1.165) is 60.0 Å².